The highest BCUT2D eigenvalue weighted by Gasteiger charge is 2.22. The minimum Gasteiger partial charge on any atom is -0.266 e. The molecule has 1 aliphatic rings. The third-order valence-electron chi connectivity index (χ3n) is 4.66. The summed E-state index contributed by atoms with van der Waals surface area (Å²) in [5, 5.41) is 5.25. The third kappa shape index (κ3) is 3.36. The lowest BCUT2D eigenvalue weighted by atomic mass is 9.99. The van der Waals surface area contributed by atoms with Gasteiger partial charge in [0.15, 0.2) is 0 Å². The molecule has 0 fully saturated rings. The SMILES string of the molecule is Cc1nn(C(=O)c2cc3c(s2)CCCC3)c(C)c1Sc1ccc(Cl)cc1. The first-order chi connectivity index (χ1) is 12.5. The van der Waals surface area contributed by atoms with Crippen molar-refractivity contribution in [2.24, 2.45) is 0 Å². The molecule has 0 saturated heterocycles. The average Bonchev–Trinajstić information content (AvgIpc) is 3.19. The van der Waals surface area contributed by atoms with Crippen molar-refractivity contribution in [1.82, 2.24) is 9.78 Å². The molecule has 1 aromatic carbocycles. The van der Waals surface area contributed by atoms with Gasteiger partial charge in [0, 0.05) is 14.8 Å². The number of hydrogen-bond donors (Lipinski definition) is 0. The van der Waals surface area contributed by atoms with Crippen LogP contribution in [0.2, 0.25) is 5.02 Å². The second-order valence-electron chi connectivity index (χ2n) is 6.54. The zero-order valence-electron chi connectivity index (χ0n) is 14.7. The van der Waals surface area contributed by atoms with Crippen molar-refractivity contribution in [2.45, 2.75) is 49.3 Å². The normalized spacial score (nSPS) is 13.7. The Labute approximate surface area is 166 Å². The number of aromatic nitrogens is 2. The summed E-state index contributed by atoms with van der Waals surface area (Å²) in [5.41, 5.74) is 3.11. The summed E-state index contributed by atoms with van der Waals surface area (Å²) < 4.78 is 1.56. The molecule has 1 aliphatic carbocycles. The second-order valence-corrected chi connectivity index (χ2v) is 9.20. The van der Waals surface area contributed by atoms with Crippen LogP contribution < -0.4 is 0 Å². The largest absolute Gasteiger partial charge is 0.288 e. The molecule has 0 radical (unpaired) electrons. The van der Waals surface area contributed by atoms with Crippen LogP contribution in [0.5, 0.6) is 0 Å². The molecule has 0 amide bonds. The topological polar surface area (TPSA) is 34.9 Å². The van der Waals surface area contributed by atoms with Gasteiger partial charge in [0.1, 0.15) is 0 Å². The predicted octanol–water partition coefficient (Wildman–Crippen LogP) is 5.93. The van der Waals surface area contributed by atoms with Crippen LogP contribution >= 0.6 is 34.7 Å². The van der Waals surface area contributed by atoms with E-state index in [9.17, 15) is 4.79 Å². The summed E-state index contributed by atoms with van der Waals surface area (Å²) in [4.78, 5) is 17.3. The maximum atomic E-state index is 13.0. The Morgan fingerprint density at radius 1 is 1.19 bits per heavy atom. The number of carbonyl (C=O) groups excluding carboxylic acids is 1. The molecular formula is C20H19ClN2OS2. The first kappa shape index (κ1) is 17.8. The molecule has 2 heterocycles. The van der Waals surface area contributed by atoms with Gasteiger partial charge in [-0.25, -0.2) is 0 Å². The summed E-state index contributed by atoms with van der Waals surface area (Å²) in [7, 11) is 0. The number of thiophene rings is 1. The van der Waals surface area contributed by atoms with E-state index >= 15 is 0 Å². The van der Waals surface area contributed by atoms with Crippen LogP contribution in [0.1, 0.15) is 44.3 Å². The number of halogens is 1. The van der Waals surface area contributed by atoms with Gasteiger partial charge < -0.3 is 0 Å². The van der Waals surface area contributed by atoms with E-state index in [2.05, 4.69) is 11.2 Å². The van der Waals surface area contributed by atoms with Crippen LogP contribution in [0, 0.1) is 13.8 Å². The molecule has 0 saturated carbocycles. The molecule has 0 atom stereocenters. The zero-order valence-corrected chi connectivity index (χ0v) is 17.1. The number of rotatable bonds is 3. The summed E-state index contributed by atoms with van der Waals surface area (Å²) in [5.74, 6) is -0.0204. The number of carbonyl (C=O) groups is 1. The van der Waals surface area contributed by atoms with Crippen LogP contribution in [-0.2, 0) is 12.8 Å². The van der Waals surface area contributed by atoms with Crippen LogP contribution in [0.15, 0.2) is 40.1 Å². The fraction of sp³-hybridized carbons (Fsp3) is 0.300. The van der Waals surface area contributed by atoms with E-state index in [0.717, 1.165) is 43.9 Å². The molecule has 0 spiro atoms. The van der Waals surface area contributed by atoms with Gasteiger partial charge in [-0.15, -0.1) is 11.3 Å². The Morgan fingerprint density at radius 2 is 1.92 bits per heavy atom. The molecule has 0 N–H and O–H groups in total. The molecule has 0 unspecified atom stereocenters. The average molecular weight is 403 g/mol. The van der Waals surface area contributed by atoms with Gasteiger partial charge >= 0.3 is 0 Å². The third-order valence-corrected chi connectivity index (χ3v) is 7.44. The van der Waals surface area contributed by atoms with Gasteiger partial charge in [0.25, 0.3) is 5.91 Å². The monoisotopic (exact) mass is 402 g/mol. The van der Waals surface area contributed by atoms with Crippen LogP contribution in [0.3, 0.4) is 0 Å². The summed E-state index contributed by atoms with van der Waals surface area (Å²) in [6.45, 7) is 3.91. The Balaban J connectivity index is 1.64. The summed E-state index contributed by atoms with van der Waals surface area (Å²) in [6.07, 6.45) is 4.64. The van der Waals surface area contributed by atoms with E-state index in [4.69, 9.17) is 11.6 Å². The van der Waals surface area contributed by atoms with Crippen molar-refractivity contribution in [3.63, 3.8) is 0 Å². The zero-order chi connectivity index (χ0) is 18.3. The Hall–Kier alpha value is -1.56. The van der Waals surface area contributed by atoms with E-state index in [1.165, 1.54) is 23.3 Å². The van der Waals surface area contributed by atoms with E-state index < -0.39 is 0 Å². The number of hydrogen-bond acceptors (Lipinski definition) is 4. The molecule has 26 heavy (non-hydrogen) atoms. The van der Waals surface area contributed by atoms with Crippen LogP contribution in [0.25, 0.3) is 0 Å². The lowest BCUT2D eigenvalue weighted by Gasteiger charge is -2.08. The molecule has 3 aromatic rings. The van der Waals surface area contributed by atoms with Gasteiger partial charge in [-0.2, -0.15) is 9.78 Å². The number of aryl methyl sites for hydroxylation is 3. The Kier molecular flexibility index (Phi) is 4.95. The lowest BCUT2D eigenvalue weighted by molar-refractivity contribution is 0.0946. The molecule has 4 rings (SSSR count). The van der Waals surface area contributed by atoms with Crippen molar-refractivity contribution in [3.8, 4) is 0 Å². The minimum absolute atomic E-state index is 0.0204. The van der Waals surface area contributed by atoms with Crippen molar-refractivity contribution in [1.29, 1.82) is 0 Å². The maximum absolute atomic E-state index is 13.0. The molecule has 2 aromatic heterocycles. The highest BCUT2D eigenvalue weighted by molar-refractivity contribution is 7.99. The van der Waals surface area contributed by atoms with Crippen molar-refractivity contribution < 1.29 is 4.79 Å². The smallest absolute Gasteiger partial charge is 0.266 e. The maximum Gasteiger partial charge on any atom is 0.288 e. The number of fused-ring (bicyclic) bond motifs is 1. The van der Waals surface area contributed by atoms with E-state index in [-0.39, 0.29) is 5.91 Å². The fourth-order valence-corrected chi connectivity index (χ4v) is 5.53. The standard InChI is InChI=1S/C20H19ClN2OS2/c1-12-19(25-16-9-7-15(21)8-10-16)13(2)23(22-12)20(24)18-11-14-5-3-4-6-17(14)26-18/h7-11H,3-6H2,1-2H3. The molecule has 0 aliphatic heterocycles. The first-order valence-electron chi connectivity index (χ1n) is 8.69. The van der Waals surface area contributed by atoms with Crippen LogP contribution in [0.4, 0.5) is 0 Å². The minimum atomic E-state index is -0.0204. The van der Waals surface area contributed by atoms with Gasteiger partial charge in [-0.1, -0.05) is 23.4 Å². The Morgan fingerprint density at radius 3 is 2.65 bits per heavy atom. The molecule has 0 bridgehead atoms. The van der Waals surface area contributed by atoms with Crippen molar-refractivity contribution in [3.05, 3.63) is 62.1 Å². The molecule has 3 nitrogen and oxygen atoms in total. The van der Waals surface area contributed by atoms with Gasteiger partial charge in [0.05, 0.1) is 21.2 Å². The van der Waals surface area contributed by atoms with E-state index in [0.29, 0.717) is 0 Å². The van der Waals surface area contributed by atoms with E-state index in [1.54, 1.807) is 27.8 Å². The molecule has 134 valence electrons. The van der Waals surface area contributed by atoms with Gasteiger partial charge in [-0.3, -0.25) is 4.79 Å². The quantitative estimate of drug-likeness (QED) is 0.544. The fourth-order valence-electron chi connectivity index (χ4n) is 3.29. The van der Waals surface area contributed by atoms with E-state index in [1.807, 2.05) is 38.1 Å². The first-order valence-corrected chi connectivity index (χ1v) is 10.7. The molecule has 6 heteroatoms. The number of nitrogens with zero attached hydrogens (tertiary/aromatic N) is 2. The number of benzene rings is 1. The highest BCUT2D eigenvalue weighted by atomic mass is 35.5. The molecular weight excluding hydrogens is 384 g/mol. The van der Waals surface area contributed by atoms with Crippen molar-refractivity contribution in [2.75, 3.05) is 0 Å². The van der Waals surface area contributed by atoms with Gasteiger partial charge in [-0.05, 0) is 75.4 Å². The summed E-state index contributed by atoms with van der Waals surface area (Å²) in [6, 6.07) is 9.79. The predicted molar refractivity (Wildman–Crippen MR) is 108 cm³/mol. The lowest BCUT2D eigenvalue weighted by Crippen LogP contribution is -2.14. The van der Waals surface area contributed by atoms with Crippen molar-refractivity contribution >= 4 is 40.6 Å². The van der Waals surface area contributed by atoms with Gasteiger partial charge in [0.2, 0.25) is 0 Å². The Bertz CT molecular complexity index is 949. The highest BCUT2D eigenvalue weighted by Crippen LogP contribution is 2.35. The van der Waals surface area contributed by atoms with Crippen LogP contribution in [-0.4, -0.2) is 15.7 Å². The summed E-state index contributed by atoms with van der Waals surface area (Å²) >= 11 is 9.22. The second kappa shape index (κ2) is 7.22.